The van der Waals surface area contributed by atoms with Gasteiger partial charge in [-0.2, -0.15) is 0 Å². The number of likely N-dealkylation sites (tertiary alicyclic amines) is 1. The van der Waals surface area contributed by atoms with E-state index in [-0.39, 0.29) is 17.8 Å². The molecular formula is C28H37N3O3. The van der Waals surface area contributed by atoms with E-state index < -0.39 is 0 Å². The van der Waals surface area contributed by atoms with Crippen LogP contribution in [0.5, 0.6) is 0 Å². The van der Waals surface area contributed by atoms with Gasteiger partial charge in [-0.3, -0.25) is 9.59 Å². The minimum absolute atomic E-state index is 0.0206. The van der Waals surface area contributed by atoms with Gasteiger partial charge in [0.1, 0.15) is 0 Å². The molecule has 0 aromatic heterocycles. The van der Waals surface area contributed by atoms with Crippen molar-refractivity contribution < 1.29 is 14.3 Å². The molecule has 2 aliphatic rings. The fraction of sp³-hybridized carbons (Fsp3) is 0.500. The average molecular weight is 464 g/mol. The van der Waals surface area contributed by atoms with Crippen LogP contribution in [0.2, 0.25) is 0 Å². The molecule has 4 rings (SSSR count). The van der Waals surface area contributed by atoms with Crippen LogP contribution in [0.4, 0.5) is 11.4 Å². The zero-order chi connectivity index (χ0) is 23.8. The van der Waals surface area contributed by atoms with Crippen LogP contribution < -0.4 is 10.2 Å². The number of piperidine rings is 2. The molecule has 0 spiro atoms. The minimum Gasteiger partial charge on any atom is -0.466 e. The second-order valence-electron chi connectivity index (χ2n) is 9.36. The highest BCUT2D eigenvalue weighted by atomic mass is 16.5. The van der Waals surface area contributed by atoms with Gasteiger partial charge in [-0.05, 0) is 81.9 Å². The lowest BCUT2D eigenvalue weighted by molar-refractivity contribution is -0.149. The van der Waals surface area contributed by atoms with Crippen molar-refractivity contribution in [1.82, 2.24) is 4.90 Å². The molecule has 0 radical (unpaired) electrons. The van der Waals surface area contributed by atoms with Crippen LogP contribution in [0.3, 0.4) is 0 Å². The number of amides is 1. The lowest BCUT2D eigenvalue weighted by Gasteiger charge is -2.42. The summed E-state index contributed by atoms with van der Waals surface area (Å²) in [6.45, 7) is 6.40. The van der Waals surface area contributed by atoms with Gasteiger partial charge in [-0.1, -0.05) is 30.3 Å². The standard InChI is InChI=1S/C28H37N3O3/c1-2-34-28(33)23-14-18-30(19-15-23)26-16-20-31(21-17-26)25-11-9-24(10-12-25)29-27(32)13-8-22-6-4-3-5-7-22/h3-7,9-12,23,26H,2,8,13-21H2,1H3,(H,29,32). The van der Waals surface area contributed by atoms with E-state index in [1.54, 1.807) is 0 Å². The summed E-state index contributed by atoms with van der Waals surface area (Å²) in [4.78, 5) is 29.3. The Morgan fingerprint density at radius 3 is 2.24 bits per heavy atom. The van der Waals surface area contributed by atoms with E-state index in [0.29, 0.717) is 19.1 Å². The summed E-state index contributed by atoms with van der Waals surface area (Å²) in [5, 5.41) is 3.01. The molecule has 0 atom stereocenters. The van der Waals surface area contributed by atoms with Gasteiger partial charge in [-0.25, -0.2) is 0 Å². The van der Waals surface area contributed by atoms with Crippen molar-refractivity contribution >= 4 is 23.3 Å². The van der Waals surface area contributed by atoms with Gasteiger partial charge >= 0.3 is 5.97 Å². The van der Waals surface area contributed by atoms with E-state index in [0.717, 1.165) is 64.0 Å². The summed E-state index contributed by atoms with van der Waals surface area (Å²) in [7, 11) is 0. The van der Waals surface area contributed by atoms with Gasteiger partial charge in [0.25, 0.3) is 0 Å². The Balaban J connectivity index is 1.19. The molecule has 0 aliphatic carbocycles. The summed E-state index contributed by atoms with van der Waals surface area (Å²) in [5.41, 5.74) is 3.24. The molecule has 2 heterocycles. The molecule has 2 saturated heterocycles. The molecular weight excluding hydrogens is 426 g/mol. The highest BCUT2D eigenvalue weighted by Gasteiger charge is 2.31. The molecule has 0 unspecified atom stereocenters. The van der Waals surface area contributed by atoms with Gasteiger partial charge in [0.15, 0.2) is 0 Å². The lowest BCUT2D eigenvalue weighted by atomic mass is 9.93. The minimum atomic E-state index is -0.0206. The van der Waals surface area contributed by atoms with Crippen molar-refractivity contribution in [2.45, 2.75) is 51.5 Å². The van der Waals surface area contributed by atoms with Crippen LogP contribution in [0, 0.1) is 5.92 Å². The molecule has 2 aromatic rings. The van der Waals surface area contributed by atoms with E-state index in [1.165, 1.54) is 11.3 Å². The topological polar surface area (TPSA) is 61.9 Å². The number of carbonyl (C=O) groups is 2. The Labute approximate surface area is 203 Å². The van der Waals surface area contributed by atoms with Crippen molar-refractivity contribution in [3.05, 3.63) is 60.2 Å². The van der Waals surface area contributed by atoms with Crippen molar-refractivity contribution in [2.24, 2.45) is 5.92 Å². The van der Waals surface area contributed by atoms with Crippen LogP contribution in [0.25, 0.3) is 0 Å². The Hall–Kier alpha value is -2.86. The van der Waals surface area contributed by atoms with E-state index >= 15 is 0 Å². The number of hydrogen-bond donors (Lipinski definition) is 1. The SMILES string of the molecule is CCOC(=O)C1CCN(C2CCN(c3ccc(NC(=O)CCc4ccccc4)cc3)CC2)CC1. The molecule has 1 N–H and O–H groups in total. The summed E-state index contributed by atoms with van der Waals surface area (Å²) in [6.07, 6.45) is 5.34. The second kappa shape index (κ2) is 12.0. The monoisotopic (exact) mass is 463 g/mol. The van der Waals surface area contributed by atoms with Crippen LogP contribution >= 0.6 is 0 Å². The number of nitrogens with one attached hydrogen (secondary N) is 1. The molecule has 182 valence electrons. The Morgan fingerprint density at radius 1 is 0.912 bits per heavy atom. The number of hydrogen-bond acceptors (Lipinski definition) is 5. The highest BCUT2D eigenvalue weighted by Crippen LogP contribution is 2.27. The Morgan fingerprint density at radius 2 is 1.59 bits per heavy atom. The number of rotatable bonds is 8. The number of carbonyl (C=O) groups excluding carboxylic acids is 2. The fourth-order valence-corrected chi connectivity index (χ4v) is 5.13. The molecule has 0 saturated carbocycles. The highest BCUT2D eigenvalue weighted by molar-refractivity contribution is 5.91. The maximum absolute atomic E-state index is 12.3. The van der Waals surface area contributed by atoms with Crippen LogP contribution in [-0.4, -0.2) is 55.6 Å². The van der Waals surface area contributed by atoms with Crippen LogP contribution in [-0.2, 0) is 20.7 Å². The summed E-state index contributed by atoms with van der Waals surface area (Å²) in [6, 6.07) is 18.9. The van der Waals surface area contributed by atoms with Crippen molar-refractivity contribution in [2.75, 3.05) is 43.0 Å². The van der Waals surface area contributed by atoms with Crippen molar-refractivity contribution in [1.29, 1.82) is 0 Å². The summed E-state index contributed by atoms with van der Waals surface area (Å²) in [5.74, 6) is 0.102. The number of nitrogens with zero attached hydrogens (tertiary/aromatic N) is 2. The predicted molar refractivity (Wildman–Crippen MR) is 136 cm³/mol. The summed E-state index contributed by atoms with van der Waals surface area (Å²) < 4.78 is 5.20. The third-order valence-corrected chi connectivity index (χ3v) is 7.13. The van der Waals surface area contributed by atoms with Crippen LogP contribution in [0.1, 0.15) is 44.6 Å². The lowest BCUT2D eigenvalue weighted by Crippen LogP contribution is -2.48. The normalized spacial score (nSPS) is 18.0. The number of esters is 1. The molecule has 2 aromatic carbocycles. The smallest absolute Gasteiger partial charge is 0.309 e. The molecule has 2 fully saturated rings. The van der Waals surface area contributed by atoms with Crippen LogP contribution in [0.15, 0.2) is 54.6 Å². The first-order chi connectivity index (χ1) is 16.6. The third kappa shape index (κ3) is 6.60. The van der Waals surface area contributed by atoms with Gasteiger partial charge < -0.3 is 19.9 Å². The van der Waals surface area contributed by atoms with Gasteiger partial charge in [-0.15, -0.1) is 0 Å². The molecule has 34 heavy (non-hydrogen) atoms. The van der Waals surface area contributed by atoms with E-state index in [2.05, 4.69) is 39.4 Å². The molecule has 0 bridgehead atoms. The van der Waals surface area contributed by atoms with E-state index in [1.807, 2.05) is 37.3 Å². The number of ether oxygens (including phenoxy) is 1. The summed E-state index contributed by atoms with van der Waals surface area (Å²) >= 11 is 0. The molecule has 6 heteroatoms. The maximum Gasteiger partial charge on any atom is 0.309 e. The van der Waals surface area contributed by atoms with Crippen molar-refractivity contribution in [3.63, 3.8) is 0 Å². The van der Waals surface area contributed by atoms with E-state index in [4.69, 9.17) is 4.74 Å². The first kappa shape index (κ1) is 24.3. The fourth-order valence-electron chi connectivity index (χ4n) is 5.13. The van der Waals surface area contributed by atoms with Crippen molar-refractivity contribution in [3.8, 4) is 0 Å². The predicted octanol–water partition coefficient (Wildman–Crippen LogP) is 4.50. The number of benzene rings is 2. The molecule has 6 nitrogen and oxygen atoms in total. The van der Waals surface area contributed by atoms with Gasteiger partial charge in [0.2, 0.25) is 5.91 Å². The quantitative estimate of drug-likeness (QED) is 0.584. The molecule has 2 aliphatic heterocycles. The first-order valence-corrected chi connectivity index (χ1v) is 12.7. The molecule has 1 amide bonds. The second-order valence-corrected chi connectivity index (χ2v) is 9.36. The first-order valence-electron chi connectivity index (χ1n) is 12.7. The van der Waals surface area contributed by atoms with E-state index in [9.17, 15) is 9.59 Å². The van der Waals surface area contributed by atoms with Gasteiger partial charge in [0.05, 0.1) is 12.5 Å². The zero-order valence-corrected chi connectivity index (χ0v) is 20.2. The third-order valence-electron chi connectivity index (χ3n) is 7.13. The zero-order valence-electron chi connectivity index (χ0n) is 20.2. The number of aryl methyl sites for hydroxylation is 1. The Kier molecular flexibility index (Phi) is 8.58. The average Bonchev–Trinajstić information content (AvgIpc) is 2.89. The Bertz CT molecular complexity index is 916. The largest absolute Gasteiger partial charge is 0.466 e. The van der Waals surface area contributed by atoms with Gasteiger partial charge in [0, 0.05) is 36.9 Å². The number of anilines is 2. The maximum atomic E-state index is 12.3.